The lowest BCUT2D eigenvalue weighted by Gasteiger charge is -2.22. The van der Waals surface area contributed by atoms with Gasteiger partial charge in [-0.25, -0.2) is 4.68 Å². The number of methoxy groups -OCH3 is 1. The maximum absolute atomic E-state index is 12.3. The van der Waals surface area contributed by atoms with Crippen LogP contribution in [0, 0.1) is 6.92 Å². The van der Waals surface area contributed by atoms with Gasteiger partial charge >= 0.3 is 0 Å². The Labute approximate surface area is 149 Å². The second kappa shape index (κ2) is 7.70. The molecule has 0 fully saturated rings. The summed E-state index contributed by atoms with van der Waals surface area (Å²) in [7, 11) is 1.68. The van der Waals surface area contributed by atoms with Crippen LogP contribution in [0.1, 0.15) is 45.1 Å². The summed E-state index contributed by atoms with van der Waals surface area (Å²) < 4.78 is 7.16. The van der Waals surface area contributed by atoms with Crippen molar-refractivity contribution in [2.45, 2.75) is 46.3 Å². The molecule has 0 spiro atoms. The van der Waals surface area contributed by atoms with Gasteiger partial charge in [0.05, 0.1) is 23.9 Å². The van der Waals surface area contributed by atoms with E-state index in [0.717, 1.165) is 16.9 Å². The van der Waals surface area contributed by atoms with Gasteiger partial charge in [-0.3, -0.25) is 4.79 Å². The number of aryl methyl sites for hydroxylation is 1. The van der Waals surface area contributed by atoms with Crippen molar-refractivity contribution in [2.24, 2.45) is 0 Å². The molecule has 1 amide bonds. The summed E-state index contributed by atoms with van der Waals surface area (Å²) >= 11 is 0. The number of amides is 1. The summed E-state index contributed by atoms with van der Waals surface area (Å²) in [5, 5.41) is 10.5. The van der Waals surface area contributed by atoms with Crippen molar-refractivity contribution in [3.8, 4) is 0 Å². The first kappa shape index (κ1) is 19.0. The van der Waals surface area contributed by atoms with Crippen LogP contribution in [0.2, 0.25) is 0 Å². The molecule has 1 aromatic heterocycles. The molecule has 6 nitrogen and oxygen atoms in total. The molecule has 6 heteroatoms. The van der Waals surface area contributed by atoms with E-state index in [1.165, 1.54) is 0 Å². The number of rotatable bonds is 6. The van der Waals surface area contributed by atoms with E-state index in [1.54, 1.807) is 7.11 Å². The highest BCUT2D eigenvalue weighted by atomic mass is 16.5. The molecule has 0 radical (unpaired) electrons. The third-order valence-electron chi connectivity index (χ3n) is 3.90. The number of ether oxygens (including phenoxy) is 1. The standard InChI is InChI=1S/C19H28N4O2/c1-13-10-17(23(22-13)19(3,4)5)21-18(24)12-20-16-9-7-8-15(11-16)14(2)25-6/h7-11,14,20H,12H2,1-6H3,(H,21,24)/t14-/m0/s1. The summed E-state index contributed by atoms with van der Waals surface area (Å²) in [5.74, 6) is 0.592. The molecule has 0 saturated heterocycles. The van der Waals surface area contributed by atoms with E-state index in [0.29, 0.717) is 5.82 Å². The van der Waals surface area contributed by atoms with Crippen LogP contribution < -0.4 is 10.6 Å². The van der Waals surface area contributed by atoms with Crippen LogP contribution in [0.15, 0.2) is 30.3 Å². The van der Waals surface area contributed by atoms with Crippen molar-refractivity contribution in [3.05, 3.63) is 41.6 Å². The van der Waals surface area contributed by atoms with Gasteiger partial charge in [-0.05, 0) is 52.3 Å². The Hall–Kier alpha value is -2.34. The minimum Gasteiger partial charge on any atom is -0.377 e. The minimum absolute atomic E-state index is 0.0136. The zero-order valence-corrected chi connectivity index (χ0v) is 15.9. The van der Waals surface area contributed by atoms with E-state index >= 15 is 0 Å². The normalized spacial score (nSPS) is 12.7. The number of carbonyl (C=O) groups is 1. The van der Waals surface area contributed by atoms with Crippen molar-refractivity contribution >= 4 is 17.4 Å². The Bertz CT molecular complexity index is 731. The Morgan fingerprint density at radius 3 is 2.68 bits per heavy atom. The molecule has 1 aromatic carbocycles. The van der Waals surface area contributed by atoms with E-state index in [9.17, 15) is 4.79 Å². The number of nitrogens with one attached hydrogen (secondary N) is 2. The van der Waals surface area contributed by atoms with Crippen LogP contribution in [0.4, 0.5) is 11.5 Å². The third-order valence-corrected chi connectivity index (χ3v) is 3.90. The number of aromatic nitrogens is 2. The molecule has 1 atom stereocenters. The van der Waals surface area contributed by atoms with Crippen LogP contribution >= 0.6 is 0 Å². The number of carbonyl (C=O) groups excluding carboxylic acids is 1. The lowest BCUT2D eigenvalue weighted by Crippen LogP contribution is -2.29. The maximum atomic E-state index is 12.3. The van der Waals surface area contributed by atoms with Crippen LogP contribution in [0.5, 0.6) is 0 Å². The third kappa shape index (κ3) is 5.06. The van der Waals surface area contributed by atoms with Gasteiger partial charge in [0.1, 0.15) is 5.82 Å². The van der Waals surface area contributed by atoms with Crippen molar-refractivity contribution in [1.29, 1.82) is 0 Å². The van der Waals surface area contributed by atoms with Crippen molar-refractivity contribution in [2.75, 3.05) is 24.3 Å². The molecular formula is C19H28N4O2. The predicted molar refractivity (Wildman–Crippen MR) is 101 cm³/mol. The highest BCUT2D eigenvalue weighted by molar-refractivity contribution is 5.93. The zero-order valence-electron chi connectivity index (χ0n) is 15.9. The fourth-order valence-corrected chi connectivity index (χ4v) is 2.51. The lowest BCUT2D eigenvalue weighted by molar-refractivity contribution is -0.114. The molecule has 0 aliphatic carbocycles. The van der Waals surface area contributed by atoms with Crippen molar-refractivity contribution < 1.29 is 9.53 Å². The van der Waals surface area contributed by atoms with Crippen molar-refractivity contribution in [3.63, 3.8) is 0 Å². The van der Waals surface area contributed by atoms with Gasteiger partial charge < -0.3 is 15.4 Å². The van der Waals surface area contributed by atoms with Gasteiger partial charge in [-0.15, -0.1) is 0 Å². The zero-order chi connectivity index (χ0) is 18.6. The first-order valence-corrected chi connectivity index (χ1v) is 8.44. The monoisotopic (exact) mass is 344 g/mol. The molecule has 0 aliphatic rings. The highest BCUT2D eigenvalue weighted by Crippen LogP contribution is 2.22. The van der Waals surface area contributed by atoms with Gasteiger partial charge in [0.2, 0.25) is 5.91 Å². The van der Waals surface area contributed by atoms with Gasteiger partial charge in [-0.2, -0.15) is 5.10 Å². The second-order valence-electron chi connectivity index (χ2n) is 7.16. The Kier molecular flexibility index (Phi) is 5.85. The first-order chi connectivity index (χ1) is 11.7. The highest BCUT2D eigenvalue weighted by Gasteiger charge is 2.19. The number of nitrogens with zero attached hydrogens (tertiary/aromatic N) is 2. The van der Waals surface area contributed by atoms with E-state index in [1.807, 2.05) is 48.9 Å². The van der Waals surface area contributed by atoms with Crippen LogP contribution in [-0.4, -0.2) is 29.3 Å². The molecular weight excluding hydrogens is 316 g/mol. The lowest BCUT2D eigenvalue weighted by atomic mass is 10.1. The fraction of sp³-hybridized carbons (Fsp3) is 0.474. The number of anilines is 2. The maximum Gasteiger partial charge on any atom is 0.244 e. The molecule has 0 bridgehead atoms. The first-order valence-electron chi connectivity index (χ1n) is 8.44. The minimum atomic E-state index is -0.199. The molecule has 2 N–H and O–H groups in total. The molecule has 0 saturated carbocycles. The van der Waals surface area contributed by atoms with Gasteiger partial charge in [0.25, 0.3) is 0 Å². The Morgan fingerprint density at radius 2 is 2.04 bits per heavy atom. The van der Waals surface area contributed by atoms with E-state index < -0.39 is 0 Å². The quantitative estimate of drug-likeness (QED) is 0.838. The summed E-state index contributed by atoms with van der Waals surface area (Å²) in [6, 6.07) is 9.75. The fourth-order valence-electron chi connectivity index (χ4n) is 2.51. The van der Waals surface area contributed by atoms with E-state index in [2.05, 4.69) is 36.5 Å². The van der Waals surface area contributed by atoms with Gasteiger partial charge in [-0.1, -0.05) is 12.1 Å². The Balaban J connectivity index is 2.00. The number of hydrogen-bond acceptors (Lipinski definition) is 4. The number of hydrogen-bond donors (Lipinski definition) is 2. The molecule has 1 heterocycles. The largest absolute Gasteiger partial charge is 0.377 e. The predicted octanol–water partition coefficient (Wildman–Crippen LogP) is 3.70. The van der Waals surface area contributed by atoms with Crippen molar-refractivity contribution in [1.82, 2.24) is 9.78 Å². The smallest absolute Gasteiger partial charge is 0.244 e. The van der Waals surface area contributed by atoms with Gasteiger partial charge in [0.15, 0.2) is 0 Å². The summed E-state index contributed by atoms with van der Waals surface area (Å²) in [6.45, 7) is 10.2. The average molecular weight is 344 g/mol. The molecule has 25 heavy (non-hydrogen) atoms. The van der Waals surface area contributed by atoms with E-state index in [4.69, 9.17) is 4.74 Å². The Morgan fingerprint density at radius 1 is 1.32 bits per heavy atom. The van der Waals surface area contributed by atoms with E-state index in [-0.39, 0.29) is 24.1 Å². The second-order valence-corrected chi connectivity index (χ2v) is 7.16. The molecule has 2 aromatic rings. The van der Waals surface area contributed by atoms with Crippen LogP contribution in [0.3, 0.4) is 0 Å². The average Bonchev–Trinajstić information content (AvgIpc) is 2.93. The van der Waals surface area contributed by atoms with Crippen LogP contribution in [0.25, 0.3) is 0 Å². The number of benzene rings is 1. The summed E-state index contributed by atoms with van der Waals surface area (Å²) in [5.41, 5.74) is 2.63. The SMILES string of the molecule is CO[C@@H](C)c1cccc(NCC(=O)Nc2cc(C)nn2C(C)(C)C)c1. The summed E-state index contributed by atoms with van der Waals surface area (Å²) in [6.07, 6.45) is 0.0136. The molecule has 2 rings (SSSR count). The topological polar surface area (TPSA) is 68.2 Å². The molecule has 136 valence electrons. The molecule has 0 unspecified atom stereocenters. The van der Waals surface area contributed by atoms with Gasteiger partial charge in [0, 0.05) is 18.9 Å². The molecule has 0 aliphatic heterocycles. The van der Waals surface area contributed by atoms with Crippen LogP contribution in [-0.2, 0) is 15.1 Å². The summed E-state index contributed by atoms with van der Waals surface area (Å²) in [4.78, 5) is 12.3.